The zero-order valence-electron chi connectivity index (χ0n) is 14.7. The van der Waals surface area contributed by atoms with Crippen molar-refractivity contribution in [3.8, 4) is 0 Å². The zero-order valence-corrected chi connectivity index (χ0v) is 15.6. The molecular formula is C18H23N3O3S. The smallest absolute Gasteiger partial charge is 0.349 e. The maximum atomic E-state index is 12.3. The van der Waals surface area contributed by atoms with Crippen molar-refractivity contribution in [3.63, 3.8) is 0 Å². The average Bonchev–Trinajstić information content (AvgIpc) is 3.20. The molecule has 134 valence electrons. The topological polar surface area (TPSA) is 73.2 Å². The van der Waals surface area contributed by atoms with Crippen molar-refractivity contribution in [1.82, 2.24) is 9.78 Å². The summed E-state index contributed by atoms with van der Waals surface area (Å²) in [7, 11) is 0. The van der Waals surface area contributed by atoms with E-state index in [1.807, 2.05) is 19.9 Å². The third-order valence-corrected chi connectivity index (χ3v) is 5.48. The zero-order chi connectivity index (χ0) is 18.0. The molecule has 25 heavy (non-hydrogen) atoms. The molecule has 1 atom stereocenters. The third-order valence-electron chi connectivity index (χ3n) is 4.26. The number of fused-ring (bicyclic) bond motifs is 1. The van der Waals surface area contributed by atoms with Crippen molar-refractivity contribution >= 4 is 29.0 Å². The van der Waals surface area contributed by atoms with E-state index in [2.05, 4.69) is 10.4 Å². The number of ether oxygens (including phenoxy) is 1. The number of aromatic nitrogens is 2. The molecule has 7 heteroatoms. The highest BCUT2D eigenvalue weighted by Gasteiger charge is 2.23. The van der Waals surface area contributed by atoms with Crippen LogP contribution in [0.2, 0.25) is 0 Å². The van der Waals surface area contributed by atoms with E-state index in [1.165, 1.54) is 34.6 Å². The maximum Gasteiger partial charge on any atom is 0.349 e. The number of thiophene rings is 1. The predicted octanol–water partition coefficient (Wildman–Crippen LogP) is 3.59. The molecule has 2 heterocycles. The number of nitrogens with one attached hydrogen (secondary N) is 1. The van der Waals surface area contributed by atoms with Gasteiger partial charge in [-0.25, -0.2) is 9.48 Å². The van der Waals surface area contributed by atoms with Crippen LogP contribution in [0, 0.1) is 0 Å². The molecule has 0 bridgehead atoms. The van der Waals surface area contributed by atoms with E-state index in [-0.39, 0.29) is 11.9 Å². The number of hydrogen-bond acceptors (Lipinski definition) is 5. The second-order valence-electron chi connectivity index (χ2n) is 6.56. The molecule has 0 spiro atoms. The van der Waals surface area contributed by atoms with Crippen LogP contribution in [0.4, 0.5) is 5.82 Å². The van der Waals surface area contributed by atoms with Crippen molar-refractivity contribution < 1.29 is 14.3 Å². The van der Waals surface area contributed by atoms with Crippen LogP contribution in [0.15, 0.2) is 18.3 Å². The van der Waals surface area contributed by atoms with Crippen LogP contribution < -0.4 is 5.32 Å². The fraction of sp³-hybridized carbons (Fsp3) is 0.500. The molecule has 1 aliphatic carbocycles. The first-order valence-corrected chi connectivity index (χ1v) is 9.44. The molecule has 0 fully saturated rings. The van der Waals surface area contributed by atoms with Crippen molar-refractivity contribution in [2.24, 2.45) is 0 Å². The van der Waals surface area contributed by atoms with Crippen LogP contribution >= 0.6 is 11.3 Å². The Morgan fingerprint density at radius 1 is 1.28 bits per heavy atom. The Labute approximate surface area is 151 Å². The normalized spacial score (nSPS) is 14.9. The fourth-order valence-electron chi connectivity index (χ4n) is 2.92. The van der Waals surface area contributed by atoms with Crippen LogP contribution in [0.25, 0.3) is 0 Å². The Bertz CT molecular complexity index is 755. The molecule has 0 saturated carbocycles. The number of rotatable bonds is 5. The summed E-state index contributed by atoms with van der Waals surface area (Å²) in [6.07, 6.45) is 5.15. The van der Waals surface area contributed by atoms with Crippen molar-refractivity contribution in [2.45, 2.75) is 58.6 Å². The minimum atomic E-state index is -0.873. The lowest BCUT2D eigenvalue weighted by Gasteiger charge is -2.15. The Hall–Kier alpha value is -2.15. The number of nitrogens with zero attached hydrogens (tertiary/aromatic N) is 2. The van der Waals surface area contributed by atoms with E-state index in [4.69, 9.17) is 4.74 Å². The van der Waals surface area contributed by atoms with Gasteiger partial charge in [0.1, 0.15) is 10.7 Å². The highest BCUT2D eigenvalue weighted by molar-refractivity contribution is 7.14. The SMILES string of the molecule is CC(C)n1nccc1NC(=O)[C@@H](C)OC(=O)c1cc2c(s1)CCCC2. The van der Waals surface area contributed by atoms with Crippen molar-refractivity contribution in [2.75, 3.05) is 5.32 Å². The van der Waals surface area contributed by atoms with E-state index in [9.17, 15) is 9.59 Å². The van der Waals surface area contributed by atoms with Crippen molar-refractivity contribution in [3.05, 3.63) is 33.6 Å². The van der Waals surface area contributed by atoms with Crippen LogP contribution in [0.3, 0.4) is 0 Å². The van der Waals surface area contributed by atoms with Gasteiger partial charge in [-0.1, -0.05) is 0 Å². The summed E-state index contributed by atoms with van der Waals surface area (Å²) in [6.45, 7) is 5.53. The first kappa shape index (κ1) is 17.7. The lowest BCUT2D eigenvalue weighted by atomic mass is 9.99. The summed E-state index contributed by atoms with van der Waals surface area (Å²) in [4.78, 5) is 26.5. The third kappa shape index (κ3) is 3.92. The molecule has 2 aromatic heterocycles. The van der Waals surface area contributed by atoms with E-state index in [0.717, 1.165) is 12.8 Å². The van der Waals surface area contributed by atoms with Crippen LogP contribution in [0.5, 0.6) is 0 Å². The maximum absolute atomic E-state index is 12.3. The van der Waals surface area contributed by atoms with Crippen LogP contribution in [0.1, 0.15) is 59.8 Å². The first-order chi connectivity index (χ1) is 12.0. The van der Waals surface area contributed by atoms with Gasteiger partial charge in [0.05, 0.1) is 6.20 Å². The number of amides is 1. The molecule has 1 aliphatic rings. The molecule has 0 aliphatic heterocycles. The van der Waals surface area contributed by atoms with Gasteiger partial charge in [0.25, 0.3) is 5.91 Å². The van der Waals surface area contributed by atoms with E-state index in [0.29, 0.717) is 10.7 Å². The lowest BCUT2D eigenvalue weighted by molar-refractivity contribution is -0.123. The van der Waals surface area contributed by atoms with E-state index >= 15 is 0 Å². The minimum absolute atomic E-state index is 0.126. The molecule has 2 aromatic rings. The van der Waals surface area contributed by atoms with Gasteiger partial charge in [-0.3, -0.25) is 4.79 Å². The Morgan fingerprint density at radius 2 is 2.04 bits per heavy atom. The molecule has 0 aromatic carbocycles. The highest BCUT2D eigenvalue weighted by atomic mass is 32.1. The summed E-state index contributed by atoms with van der Waals surface area (Å²) in [5.41, 5.74) is 1.25. The predicted molar refractivity (Wildman–Crippen MR) is 97.1 cm³/mol. The van der Waals surface area contributed by atoms with Gasteiger partial charge in [0, 0.05) is 17.0 Å². The summed E-state index contributed by atoms with van der Waals surface area (Å²) in [6, 6.07) is 3.76. The Kier molecular flexibility index (Phi) is 5.22. The summed E-state index contributed by atoms with van der Waals surface area (Å²) in [5.74, 6) is -0.203. The number of carbonyl (C=O) groups is 2. The van der Waals surface area contributed by atoms with Crippen LogP contribution in [-0.4, -0.2) is 27.8 Å². The minimum Gasteiger partial charge on any atom is -0.448 e. The number of esters is 1. The Balaban J connectivity index is 1.62. The molecule has 0 saturated heterocycles. The van der Waals surface area contributed by atoms with Gasteiger partial charge in [0.15, 0.2) is 6.10 Å². The van der Waals surface area contributed by atoms with Gasteiger partial charge in [-0.15, -0.1) is 11.3 Å². The van der Waals surface area contributed by atoms with Gasteiger partial charge >= 0.3 is 5.97 Å². The number of carbonyl (C=O) groups excluding carboxylic acids is 2. The molecular weight excluding hydrogens is 338 g/mol. The first-order valence-electron chi connectivity index (χ1n) is 8.62. The lowest BCUT2D eigenvalue weighted by Crippen LogP contribution is -2.30. The molecule has 6 nitrogen and oxygen atoms in total. The Morgan fingerprint density at radius 3 is 2.76 bits per heavy atom. The highest BCUT2D eigenvalue weighted by Crippen LogP contribution is 2.30. The number of anilines is 1. The van der Waals surface area contributed by atoms with Gasteiger partial charge in [-0.05, 0) is 58.1 Å². The second-order valence-corrected chi connectivity index (χ2v) is 7.69. The fourth-order valence-corrected chi connectivity index (χ4v) is 4.05. The van der Waals surface area contributed by atoms with E-state index < -0.39 is 12.1 Å². The van der Waals surface area contributed by atoms with Gasteiger partial charge in [-0.2, -0.15) is 5.10 Å². The summed E-state index contributed by atoms with van der Waals surface area (Å²) >= 11 is 1.49. The van der Waals surface area contributed by atoms with Gasteiger partial charge in [0.2, 0.25) is 0 Å². The number of hydrogen-bond donors (Lipinski definition) is 1. The quantitative estimate of drug-likeness (QED) is 0.826. The number of aryl methyl sites for hydroxylation is 2. The van der Waals surface area contributed by atoms with Gasteiger partial charge < -0.3 is 10.1 Å². The standard InChI is InChI=1S/C18H23N3O3S/c1-11(2)21-16(8-9-19-21)20-17(22)12(3)24-18(23)15-10-13-6-4-5-7-14(13)25-15/h8-12H,4-7H2,1-3H3,(H,20,22)/t12-/m1/s1. The molecule has 1 N–H and O–H groups in total. The average molecular weight is 361 g/mol. The molecule has 0 radical (unpaired) electrons. The van der Waals surface area contributed by atoms with Crippen LogP contribution in [-0.2, 0) is 22.4 Å². The summed E-state index contributed by atoms with van der Waals surface area (Å²) < 4.78 is 7.06. The summed E-state index contributed by atoms with van der Waals surface area (Å²) in [5, 5.41) is 6.93. The molecule has 3 rings (SSSR count). The molecule has 0 unspecified atom stereocenters. The van der Waals surface area contributed by atoms with E-state index in [1.54, 1.807) is 23.9 Å². The van der Waals surface area contributed by atoms with Crippen molar-refractivity contribution in [1.29, 1.82) is 0 Å². The molecule has 1 amide bonds. The largest absolute Gasteiger partial charge is 0.448 e. The second kappa shape index (κ2) is 7.39. The monoisotopic (exact) mass is 361 g/mol.